The van der Waals surface area contributed by atoms with Crippen LogP contribution in [0.25, 0.3) is 10.9 Å². The first-order valence-electron chi connectivity index (χ1n) is 9.76. The second kappa shape index (κ2) is 8.75. The highest BCUT2D eigenvalue weighted by molar-refractivity contribution is 6.76. The van der Waals surface area contributed by atoms with Crippen molar-refractivity contribution < 1.29 is 19.4 Å². The quantitative estimate of drug-likeness (QED) is 0.280. The Morgan fingerprint density at radius 2 is 2.07 bits per heavy atom. The van der Waals surface area contributed by atoms with E-state index in [1.54, 1.807) is 35.9 Å². The number of hydrogen-bond acceptors (Lipinski definition) is 4. The molecule has 0 fully saturated rings. The summed E-state index contributed by atoms with van der Waals surface area (Å²) >= 11 is 6.12. The van der Waals surface area contributed by atoms with Gasteiger partial charge < -0.3 is 19.4 Å². The molecule has 0 spiro atoms. The van der Waals surface area contributed by atoms with Crippen molar-refractivity contribution in [3.63, 3.8) is 0 Å². The third-order valence-corrected chi connectivity index (χ3v) is 6.92. The van der Waals surface area contributed by atoms with Crippen molar-refractivity contribution in [3.05, 3.63) is 52.7 Å². The minimum Gasteiger partial charge on any atom is -0.481 e. The number of carboxylic acid groups (broad SMARTS) is 1. The number of aromatic amines is 1. The van der Waals surface area contributed by atoms with Gasteiger partial charge in [0, 0.05) is 48.6 Å². The molecule has 0 aliphatic heterocycles. The minimum absolute atomic E-state index is 0.194. The molecule has 2 aromatic heterocycles. The SMILES string of the molecule is CC(C(=O)O)c1c(C(=O)c2nccn2COCC[Si](C)(C)C)[nH]c2ccc(Cl)cc12. The summed E-state index contributed by atoms with van der Waals surface area (Å²) in [5, 5.41) is 10.7. The molecule has 30 heavy (non-hydrogen) atoms. The first-order valence-corrected chi connectivity index (χ1v) is 13.8. The zero-order valence-electron chi connectivity index (χ0n) is 17.5. The lowest BCUT2D eigenvalue weighted by molar-refractivity contribution is -0.138. The van der Waals surface area contributed by atoms with E-state index in [4.69, 9.17) is 16.3 Å². The summed E-state index contributed by atoms with van der Waals surface area (Å²) in [5.74, 6) is -2.11. The molecule has 0 aliphatic rings. The second-order valence-electron chi connectivity index (χ2n) is 8.56. The lowest BCUT2D eigenvalue weighted by atomic mass is 9.96. The van der Waals surface area contributed by atoms with Crippen molar-refractivity contribution in [2.75, 3.05) is 6.61 Å². The highest BCUT2D eigenvalue weighted by Crippen LogP contribution is 2.32. The van der Waals surface area contributed by atoms with Crippen LogP contribution in [0, 0.1) is 0 Å². The van der Waals surface area contributed by atoms with E-state index in [0.717, 1.165) is 6.04 Å². The number of carboxylic acids is 1. The highest BCUT2D eigenvalue weighted by Gasteiger charge is 2.28. The summed E-state index contributed by atoms with van der Waals surface area (Å²) in [6, 6.07) is 6.12. The van der Waals surface area contributed by atoms with Crippen molar-refractivity contribution >= 4 is 42.3 Å². The summed E-state index contributed by atoms with van der Waals surface area (Å²) < 4.78 is 7.39. The van der Waals surface area contributed by atoms with E-state index < -0.39 is 20.0 Å². The predicted octanol–water partition coefficient (Wildman–Crippen LogP) is 4.75. The van der Waals surface area contributed by atoms with Gasteiger partial charge in [-0.05, 0) is 31.2 Å². The smallest absolute Gasteiger partial charge is 0.310 e. The van der Waals surface area contributed by atoms with Gasteiger partial charge in [-0.1, -0.05) is 31.2 Å². The van der Waals surface area contributed by atoms with Crippen molar-refractivity contribution in [1.29, 1.82) is 0 Å². The molecule has 0 saturated carbocycles. The number of nitrogens with zero attached hydrogens (tertiary/aromatic N) is 2. The Morgan fingerprint density at radius 1 is 1.33 bits per heavy atom. The van der Waals surface area contributed by atoms with E-state index in [1.165, 1.54) is 6.20 Å². The maximum absolute atomic E-state index is 13.3. The van der Waals surface area contributed by atoms with Crippen LogP contribution < -0.4 is 0 Å². The maximum atomic E-state index is 13.3. The van der Waals surface area contributed by atoms with Gasteiger partial charge in [-0.2, -0.15) is 0 Å². The lowest BCUT2D eigenvalue weighted by Gasteiger charge is -2.16. The predicted molar refractivity (Wildman–Crippen MR) is 119 cm³/mol. The molecule has 160 valence electrons. The number of halogens is 1. The molecule has 0 aliphatic carbocycles. The van der Waals surface area contributed by atoms with Gasteiger partial charge in [0.05, 0.1) is 11.6 Å². The van der Waals surface area contributed by atoms with Gasteiger partial charge in [-0.15, -0.1) is 0 Å². The fourth-order valence-corrected chi connectivity index (χ4v) is 4.14. The number of rotatable bonds is 9. The maximum Gasteiger partial charge on any atom is 0.310 e. The molecule has 1 aromatic carbocycles. The van der Waals surface area contributed by atoms with E-state index >= 15 is 0 Å². The fourth-order valence-electron chi connectivity index (χ4n) is 3.21. The molecule has 0 amide bonds. The average molecular weight is 448 g/mol. The number of hydrogen-bond donors (Lipinski definition) is 2. The topological polar surface area (TPSA) is 97.2 Å². The molecule has 2 N–H and O–H groups in total. The highest BCUT2D eigenvalue weighted by atomic mass is 35.5. The number of fused-ring (bicyclic) bond motifs is 1. The third kappa shape index (κ3) is 4.83. The number of ether oxygens (including phenoxy) is 1. The second-order valence-corrected chi connectivity index (χ2v) is 14.6. The van der Waals surface area contributed by atoms with E-state index in [-0.39, 0.29) is 24.0 Å². The van der Waals surface area contributed by atoms with Crippen LogP contribution in [0.3, 0.4) is 0 Å². The molecule has 9 heteroatoms. The van der Waals surface area contributed by atoms with Gasteiger partial charge in [0.25, 0.3) is 0 Å². The minimum atomic E-state index is -1.21. The molecule has 3 aromatic rings. The summed E-state index contributed by atoms with van der Waals surface area (Å²) in [4.78, 5) is 32.3. The largest absolute Gasteiger partial charge is 0.481 e. The standard InChI is InChI=1S/C21H26ClN3O4Si/c1-13(21(27)28)17-15-11-14(22)5-6-16(15)24-18(17)19(26)20-23-7-8-25(20)12-29-9-10-30(2,3)4/h5-8,11,13,24H,9-10,12H2,1-4H3,(H,27,28). The van der Waals surface area contributed by atoms with Gasteiger partial charge in [-0.3, -0.25) is 9.59 Å². The van der Waals surface area contributed by atoms with Gasteiger partial charge >= 0.3 is 5.97 Å². The monoisotopic (exact) mass is 447 g/mol. The normalized spacial score (nSPS) is 13.0. The van der Waals surface area contributed by atoms with Gasteiger partial charge in [0.15, 0.2) is 5.82 Å². The first kappa shape index (κ1) is 22.3. The van der Waals surface area contributed by atoms with Crippen LogP contribution in [0.4, 0.5) is 0 Å². The average Bonchev–Trinajstić information content (AvgIpc) is 3.27. The Morgan fingerprint density at radius 3 is 2.73 bits per heavy atom. The number of imidazole rings is 1. The lowest BCUT2D eigenvalue weighted by Crippen LogP contribution is -2.22. The Balaban J connectivity index is 1.94. The molecule has 7 nitrogen and oxygen atoms in total. The number of aromatic nitrogens is 3. The summed E-state index contributed by atoms with van der Waals surface area (Å²) in [5.41, 5.74) is 1.26. The number of carbonyl (C=O) groups is 2. The van der Waals surface area contributed by atoms with Crippen LogP contribution in [0.1, 0.15) is 34.7 Å². The zero-order chi connectivity index (χ0) is 22.1. The number of benzene rings is 1. The van der Waals surface area contributed by atoms with E-state index in [2.05, 4.69) is 29.6 Å². The number of H-pyrrole nitrogens is 1. The molecular formula is C21H26ClN3O4Si. The molecule has 0 saturated heterocycles. The van der Waals surface area contributed by atoms with Crippen molar-refractivity contribution in [2.45, 2.75) is 45.3 Å². The van der Waals surface area contributed by atoms with Crippen LogP contribution in [0.15, 0.2) is 30.6 Å². The molecule has 0 radical (unpaired) electrons. The van der Waals surface area contributed by atoms with E-state index in [1.807, 2.05) is 0 Å². The molecule has 1 atom stereocenters. The van der Waals surface area contributed by atoms with Crippen LogP contribution in [0.2, 0.25) is 30.7 Å². The van der Waals surface area contributed by atoms with Crippen molar-refractivity contribution in [1.82, 2.24) is 14.5 Å². The van der Waals surface area contributed by atoms with Crippen molar-refractivity contribution in [2.24, 2.45) is 0 Å². The summed E-state index contributed by atoms with van der Waals surface area (Å²) in [6.45, 7) is 9.20. The van der Waals surface area contributed by atoms with Gasteiger partial charge in [-0.25, -0.2) is 4.98 Å². The number of ketones is 1. The van der Waals surface area contributed by atoms with Crippen LogP contribution >= 0.6 is 11.6 Å². The van der Waals surface area contributed by atoms with Crippen LogP contribution in [-0.4, -0.2) is 46.1 Å². The van der Waals surface area contributed by atoms with E-state index in [9.17, 15) is 14.7 Å². The number of nitrogens with one attached hydrogen (secondary N) is 1. The Hall–Kier alpha value is -2.42. The first-order chi connectivity index (χ1) is 14.1. The summed E-state index contributed by atoms with van der Waals surface area (Å²) in [7, 11) is -1.21. The Bertz CT molecular complexity index is 1080. The molecule has 2 heterocycles. The van der Waals surface area contributed by atoms with Gasteiger partial charge in [0.1, 0.15) is 6.73 Å². The molecule has 0 bridgehead atoms. The molecule has 1 unspecified atom stereocenters. The number of carbonyl (C=O) groups excluding carboxylic acids is 1. The Kier molecular flexibility index (Phi) is 6.49. The zero-order valence-corrected chi connectivity index (χ0v) is 19.3. The fraction of sp³-hybridized carbons (Fsp3) is 0.381. The Labute approximate surface area is 181 Å². The third-order valence-electron chi connectivity index (χ3n) is 4.98. The molecular weight excluding hydrogens is 422 g/mol. The summed E-state index contributed by atoms with van der Waals surface area (Å²) in [6.07, 6.45) is 3.22. The number of aliphatic carboxylic acids is 1. The van der Waals surface area contributed by atoms with E-state index in [0.29, 0.717) is 28.1 Å². The van der Waals surface area contributed by atoms with Crippen LogP contribution in [-0.2, 0) is 16.3 Å². The van der Waals surface area contributed by atoms with Gasteiger partial charge in [0.2, 0.25) is 5.78 Å². The van der Waals surface area contributed by atoms with Crippen molar-refractivity contribution in [3.8, 4) is 0 Å². The molecule has 3 rings (SSSR count). The van der Waals surface area contributed by atoms with Crippen LogP contribution in [0.5, 0.6) is 0 Å².